The summed E-state index contributed by atoms with van der Waals surface area (Å²) in [5.74, 6) is 0.828. The van der Waals surface area contributed by atoms with Crippen LogP contribution in [0, 0.1) is 17.7 Å². The van der Waals surface area contributed by atoms with Crippen LogP contribution in [-0.4, -0.2) is 43.6 Å². The molecule has 2 fully saturated rings. The van der Waals surface area contributed by atoms with Crippen molar-refractivity contribution in [1.82, 2.24) is 10.2 Å². The Kier molecular flexibility index (Phi) is 4.62. The molecule has 4 nitrogen and oxygen atoms in total. The van der Waals surface area contributed by atoms with Crippen LogP contribution in [0.4, 0.5) is 4.39 Å². The lowest BCUT2D eigenvalue weighted by atomic mass is 9.92. The Morgan fingerprint density at radius 3 is 2.64 bits per heavy atom. The lowest BCUT2D eigenvalue weighted by Gasteiger charge is -2.22. The van der Waals surface area contributed by atoms with Crippen molar-refractivity contribution in [1.29, 1.82) is 0 Å². The van der Waals surface area contributed by atoms with Crippen LogP contribution >= 0.6 is 0 Å². The molecule has 1 N–H and O–H groups in total. The molecule has 0 spiro atoms. The van der Waals surface area contributed by atoms with Crippen molar-refractivity contribution in [3.8, 4) is 5.75 Å². The number of ether oxygens (including phenoxy) is 1. The fraction of sp³-hybridized carbons (Fsp3) is 0.588. The summed E-state index contributed by atoms with van der Waals surface area (Å²) in [6.07, 6.45) is 2.03. The Morgan fingerprint density at radius 2 is 2.00 bits per heavy atom. The summed E-state index contributed by atoms with van der Waals surface area (Å²) in [4.78, 5) is 14.6. The highest BCUT2D eigenvalue weighted by atomic mass is 19.1. The van der Waals surface area contributed by atoms with Gasteiger partial charge in [-0.3, -0.25) is 4.79 Å². The number of hydrogen-bond donors (Lipinski definition) is 1. The smallest absolute Gasteiger partial charge is 0.257 e. The minimum atomic E-state index is -0.469. The highest BCUT2D eigenvalue weighted by molar-refractivity contribution is 5.97. The Balaban J connectivity index is 1.78. The van der Waals surface area contributed by atoms with Gasteiger partial charge in [-0.25, -0.2) is 4.39 Å². The fourth-order valence-corrected chi connectivity index (χ4v) is 3.56. The molecule has 0 saturated carbocycles. The van der Waals surface area contributed by atoms with Crippen molar-refractivity contribution < 1.29 is 13.9 Å². The first-order chi connectivity index (χ1) is 10.7. The Morgan fingerprint density at radius 1 is 1.32 bits per heavy atom. The van der Waals surface area contributed by atoms with Gasteiger partial charge in [0.2, 0.25) is 0 Å². The van der Waals surface area contributed by atoms with Crippen LogP contribution in [0.15, 0.2) is 18.2 Å². The number of rotatable bonds is 3. The van der Waals surface area contributed by atoms with Gasteiger partial charge in [-0.05, 0) is 56.8 Å². The molecule has 0 aromatic heterocycles. The molecule has 1 aromatic rings. The molecule has 2 atom stereocenters. The van der Waals surface area contributed by atoms with Gasteiger partial charge in [0.25, 0.3) is 5.91 Å². The van der Waals surface area contributed by atoms with Crippen LogP contribution in [0.25, 0.3) is 0 Å². The Bertz CT molecular complexity index is 535. The van der Waals surface area contributed by atoms with Gasteiger partial charge >= 0.3 is 0 Å². The lowest BCUT2D eigenvalue weighted by molar-refractivity contribution is 0.0753. The second-order valence-electron chi connectivity index (χ2n) is 6.10. The van der Waals surface area contributed by atoms with Gasteiger partial charge in [0.15, 0.2) is 11.6 Å². The number of fused-ring (bicyclic) bond motifs is 1. The minimum Gasteiger partial charge on any atom is -0.490 e. The SMILES string of the molecule is CCOc1c(F)cccc1C(=O)N1CC[C@@H]2CNC[C@@H]2CC1. The van der Waals surface area contributed by atoms with E-state index < -0.39 is 5.82 Å². The average molecular weight is 306 g/mol. The zero-order chi connectivity index (χ0) is 15.5. The van der Waals surface area contributed by atoms with E-state index in [0.717, 1.165) is 39.0 Å². The van der Waals surface area contributed by atoms with E-state index in [1.54, 1.807) is 19.1 Å². The number of benzene rings is 1. The van der Waals surface area contributed by atoms with E-state index in [9.17, 15) is 9.18 Å². The Labute approximate surface area is 130 Å². The molecule has 1 amide bonds. The van der Waals surface area contributed by atoms with Gasteiger partial charge in [0.1, 0.15) is 0 Å². The van der Waals surface area contributed by atoms with Crippen LogP contribution in [0.5, 0.6) is 5.75 Å². The normalized spacial score (nSPS) is 24.7. The fourth-order valence-electron chi connectivity index (χ4n) is 3.56. The molecular formula is C17H23FN2O2. The summed E-state index contributed by atoms with van der Waals surface area (Å²) < 4.78 is 19.3. The molecule has 2 saturated heterocycles. The first-order valence-electron chi connectivity index (χ1n) is 8.12. The maximum atomic E-state index is 13.9. The third-order valence-electron chi connectivity index (χ3n) is 4.79. The lowest BCUT2D eigenvalue weighted by Crippen LogP contribution is -2.33. The van der Waals surface area contributed by atoms with Crippen molar-refractivity contribution in [2.75, 3.05) is 32.8 Å². The third-order valence-corrected chi connectivity index (χ3v) is 4.79. The van der Waals surface area contributed by atoms with Crippen LogP contribution in [-0.2, 0) is 0 Å². The molecule has 3 rings (SSSR count). The number of nitrogens with zero attached hydrogens (tertiary/aromatic N) is 1. The number of carbonyl (C=O) groups excluding carboxylic acids is 1. The maximum absolute atomic E-state index is 13.9. The molecule has 5 heteroatoms. The van der Waals surface area contributed by atoms with Gasteiger partial charge in [-0.1, -0.05) is 6.07 Å². The first-order valence-corrected chi connectivity index (χ1v) is 8.12. The number of hydrogen-bond acceptors (Lipinski definition) is 3. The zero-order valence-corrected chi connectivity index (χ0v) is 13.0. The van der Waals surface area contributed by atoms with Gasteiger partial charge in [0, 0.05) is 13.1 Å². The van der Waals surface area contributed by atoms with Gasteiger partial charge in [0.05, 0.1) is 12.2 Å². The van der Waals surface area contributed by atoms with Gasteiger partial charge in [-0.2, -0.15) is 0 Å². The summed E-state index contributed by atoms with van der Waals surface area (Å²) in [5.41, 5.74) is 0.340. The molecule has 0 aliphatic carbocycles. The number of amides is 1. The summed E-state index contributed by atoms with van der Waals surface area (Å²) in [5, 5.41) is 3.43. The molecule has 2 aliphatic heterocycles. The minimum absolute atomic E-state index is 0.0844. The van der Waals surface area contributed by atoms with E-state index in [-0.39, 0.29) is 11.7 Å². The highest BCUT2D eigenvalue weighted by Gasteiger charge is 2.32. The standard InChI is InChI=1S/C17H23FN2O2/c1-2-22-16-14(4-3-5-15(16)18)17(21)20-8-6-12-10-19-11-13(12)7-9-20/h3-5,12-13,19H,2,6-11H2,1H3/t12-,13+. The molecule has 0 radical (unpaired) electrons. The molecule has 0 unspecified atom stereocenters. The van der Waals surface area contributed by atoms with Crippen LogP contribution in [0.1, 0.15) is 30.1 Å². The van der Waals surface area contributed by atoms with Gasteiger partial charge in [-0.15, -0.1) is 0 Å². The van der Waals surface area contributed by atoms with E-state index in [2.05, 4.69) is 5.32 Å². The molecule has 120 valence electrons. The quantitative estimate of drug-likeness (QED) is 0.931. The summed E-state index contributed by atoms with van der Waals surface area (Å²) in [6, 6.07) is 4.56. The second-order valence-corrected chi connectivity index (χ2v) is 6.10. The van der Waals surface area contributed by atoms with Gasteiger partial charge < -0.3 is 15.0 Å². The number of nitrogens with one attached hydrogen (secondary N) is 1. The first kappa shape index (κ1) is 15.3. The zero-order valence-electron chi connectivity index (χ0n) is 13.0. The monoisotopic (exact) mass is 306 g/mol. The van der Waals surface area contributed by atoms with Crippen molar-refractivity contribution in [2.45, 2.75) is 19.8 Å². The molecule has 2 aliphatic rings. The van der Waals surface area contributed by atoms with Crippen molar-refractivity contribution in [2.24, 2.45) is 11.8 Å². The third kappa shape index (κ3) is 2.95. The van der Waals surface area contributed by atoms with E-state index in [0.29, 0.717) is 24.0 Å². The predicted molar refractivity (Wildman–Crippen MR) is 82.6 cm³/mol. The summed E-state index contributed by atoms with van der Waals surface area (Å²) in [6.45, 7) is 5.72. The molecule has 0 bridgehead atoms. The van der Waals surface area contributed by atoms with Crippen molar-refractivity contribution >= 4 is 5.91 Å². The van der Waals surface area contributed by atoms with Crippen molar-refractivity contribution in [3.05, 3.63) is 29.6 Å². The van der Waals surface area contributed by atoms with E-state index in [1.165, 1.54) is 6.07 Å². The van der Waals surface area contributed by atoms with E-state index >= 15 is 0 Å². The molecular weight excluding hydrogens is 283 g/mol. The Hall–Kier alpha value is -1.62. The second kappa shape index (κ2) is 6.65. The highest BCUT2D eigenvalue weighted by Crippen LogP contribution is 2.29. The average Bonchev–Trinajstić information content (AvgIpc) is 2.87. The number of carbonyl (C=O) groups is 1. The number of halogens is 1. The summed E-state index contributed by atoms with van der Waals surface area (Å²) in [7, 11) is 0. The van der Waals surface area contributed by atoms with E-state index in [4.69, 9.17) is 4.74 Å². The maximum Gasteiger partial charge on any atom is 0.257 e. The topological polar surface area (TPSA) is 41.6 Å². The predicted octanol–water partition coefficient (Wildman–Crippen LogP) is 2.30. The van der Waals surface area contributed by atoms with Crippen LogP contribution in [0.3, 0.4) is 0 Å². The molecule has 2 heterocycles. The number of likely N-dealkylation sites (tertiary alicyclic amines) is 1. The number of para-hydroxylation sites is 1. The van der Waals surface area contributed by atoms with E-state index in [1.807, 2.05) is 4.90 Å². The van der Waals surface area contributed by atoms with Crippen molar-refractivity contribution in [3.63, 3.8) is 0 Å². The molecule has 22 heavy (non-hydrogen) atoms. The largest absolute Gasteiger partial charge is 0.490 e. The van der Waals surface area contributed by atoms with Crippen LogP contribution < -0.4 is 10.1 Å². The summed E-state index contributed by atoms with van der Waals surface area (Å²) >= 11 is 0. The van der Waals surface area contributed by atoms with Crippen LogP contribution in [0.2, 0.25) is 0 Å². The molecule has 1 aromatic carbocycles.